The van der Waals surface area contributed by atoms with E-state index in [4.69, 9.17) is 0 Å². The molecule has 0 aliphatic rings. The van der Waals surface area contributed by atoms with Crippen LogP contribution in [0.2, 0.25) is 0 Å². The molecule has 0 saturated heterocycles. The lowest BCUT2D eigenvalue weighted by molar-refractivity contribution is 0.843. The molecule has 0 aliphatic heterocycles. The van der Waals surface area contributed by atoms with E-state index in [2.05, 4.69) is 45.9 Å². The molecule has 5 heteroatoms. The van der Waals surface area contributed by atoms with Crippen LogP contribution in [-0.4, -0.2) is 20.2 Å². The summed E-state index contributed by atoms with van der Waals surface area (Å²) in [7, 11) is 0. The van der Waals surface area contributed by atoms with Crippen molar-refractivity contribution < 1.29 is 0 Å². The number of nitrogens with one attached hydrogen (secondary N) is 1. The highest BCUT2D eigenvalue weighted by molar-refractivity contribution is 5.78. The molecule has 5 nitrogen and oxygen atoms in total. The average Bonchev–Trinajstić information content (AvgIpc) is 2.54. The maximum Gasteiger partial charge on any atom is 0.154 e. The lowest BCUT2D eigenvalue weighted by Gasteiger charge is -2.08. The van der Waals surface area contributed by atoms with Crippen molar-refractivity contribution in [2.75, 3.05) is 5.32 Å². The summed E-state index contributed by atoms with van der Waals surface area (Å²) >= 11 is 0. The van der Waals surface area contributed by atoms with E-state index in [0.717, 1.165) is 22.2 Å². The standard InChI is InChI=1S/C17H17N5/c1-4-12-7-15-14(18-9-12)5-6-16(20-15)21-17-8-13(11(2)3)10-19-22-17/h4-11H,1H2,2-3H3,(H,20,21,22). The van der Waals surface area contributed by atoms with E-state index in [1.807, 2.05) is 24.3 Å². The fourth-order valence-electron chi connectivity index (χ4n) is 2.09. The summed E-state index contributed by atoms with van der Waals surface area (Å²) in [6.45, 7) is 8.00. The summed E-state index contributed by atoms with van der Waals surface area (Å²) in [6.07, 6.45) is 5.32. The first-order valence-electron chi connectivity index (χ1n) is 7.14. The Morgan fingerprint density at radius 3 is 2.73 bits per heavy atom. The van der Waals surface area contributed by atoms with Crippen molar-refractivity contribution in [1.29, 1.82) is 0 Å². The SMILES string of the molecule is C=Cc1cnc2ccc(Nc3cc(C(C)C)cnn3)nc2c1. The second-order valence-corrected chi connectivity index (χ2v) is 5.36. The Morgan fingerprint density at radius 2 is 1.95 bits per heavy atom. The molecule has 1 N–H and O–H groups in total. The van der Waals surface area contributed by atoms with E-state index in [0.29, 0.717) is 17.6 Å². The minimum atomic E-state index is 0.403. The van der Waals surface area contributed by atoms with Gasteiger partial charge in [-0.1, -0.05) is 26.5 Å². The topological polar surface area (TPSA) is 63.6 Å². The molecule has 0 radical (unpaired) electrons. The summed E-state index contributed by atoms with van der Waals surface area (Å²) in [5, 5.41) is 11.3. The van der Waals surface area contributed by atoms with Crippen LogP contribution < -0.4 is 5.32 Å². The highest BCUT2D eigenvalue weighted by Gasteiger charge is 2.05. The highest BCUT2D eigenvalue weighted by Crippen LogP contribution is 2.20. The Bertz CT molecular complexity index is 826. The van der Waals surface area contributed by atoms with Crippen molar-refractivity contribution in [2.45, 2.75) is 19.8 Å². The van der Waals surface area contributed by atoms with E-state index in [9.17, 15) is 0 Å². The van der Waals surface area contributed by atoms with Crippen LogP contribution in [0.15, 0.2) is 43.2 Å². The molecule has 110 valence electrons. The zero-order chi connectivity index (χ0) is 15.5. The van der Waals surface area contributed by atoms with Gasteiger partial charge in [0.15, 0.2) is 5.82 Å². The summed E-state index contributed by atoms with van der Waals surface area (Å²) in [6, 6.07) is 7.75. The van der Waals surface area contributed by atoms with Gasteiger partial charge >= 0.3 is 0 Å². The Kier molecular flexibility index (Phi) is 3.78. The van der Waals surface area contributed by atoms with Gasteiger partial charge in [0.1, 0.15) is 5.82 Å². The van der Waals surface area contributed by atoms with Crippen molar-refractivity contribution >= 4 is 28.7 Å². The number of fused-ring (bicyclic) bond motifs is 1. The third kappa shape index (κ3) is 2.93. The summed E-state index contributed by atoms with van der Waals surface area (Å²) in [4.78, 5) is 8.91. The molecule has 0 spiro atoms. The van der Waals surface area contributed by atoms with Gasteiger partial charge in [-0.2, -0.15) is 5.10 Å². The summed E-state index contributed by atoms with van der Waals surface area (Å²) < 4.78 is 0. The minimum absolute atomic E-state index is 0.403. The lowest BCUT2D eigenvalue weighted by Crippen LogP contribution is -2.00. The number of hydrogen-bond acceptors (Lipinski definition) is 5. The molecule has 0 aliphatic carbocycles. The molecule has 22 heavy (non-hydrogen) atoms. The van der Waals surface area contributed by atoms with Gasteiger partial charge in [-0.05, 0) is 41.3 Å². The molecule has 0 fully saturated rings. The van der Waals surface area contributed by atoms with Crippen LogP contribution in [0, 0.1) is 0 Å². The molecule has 3 aromatic heterocycles. The van der Waals surface area contributed by atoms with Gasteiger partial charge in [0.05, 0.1) is 17.2 Å². The molecule has 3 heterocycles. The predicted molar refractivity (Wildman–Crippen MR) is 89.0 cm³/mol. The Labute approximate surface area is 129 Å². The van der Waals surface area contributed by atoms with Crippen molar-refractivity contribution in [3.63, 3.8) is 0 Å². The van der Waals surface area contributed by atoms with Crippen LogP contribution in [0.5, 0.6) is 0 Å². The fraction of sp³-hybridized carbons (Fsp3) is 0.176. The molecular weight excluding hydrogens is 274 g/mol. The van der Waals surface area contributed by atoms with E-state index < -0.39 is 0 Å². The molecule has 0 amide bonds. The molecule has 0 bridgehead atoms. The molecule has 0 unspecified atom stereocenters. The monoisotopic (exact) mass is 291 g/mol. The van der Waals surface area contributed by atoms with Crippen LogP contribution in [0.1, 0.15) is 30.9 Å². The highest BCUT2D eigenvalue weighted by atomic mass is 15.2. The first kappa shape index (κ1) is 14.1. The molecular formula is C17H17N5. The van der Waals surface area contributed by atoms with Crippen molar-refractivity contribution in [3.8, 4) is 0 Å². The number of aromatic nitrogens is 4. The minimum Gasteiger partial charge on any atom is -0.323 e. The third-order valence-electron chi connectivity index (χ3n) is 3.39. The van der Waals surface area contributed by atoms with Crippen LogP contribution in [0.25, 0.3) is 17.1 Å². The zero-order valence-electron chi connectivity index (χ0n) is 12.6. The summed E-state index contributed by atoms with van der Waals surface area (Å²) in [5.74, 6) is 1.80. The average molecular weight is 291 g/mol. The van der Waals surface area contributed by atoms with Gasteiger partial charge in [-0.15, -0.1) is 5.10 Å². The van der Waals surface area contributed by atoms with Crippen molar-refractivity contribution in [1.82, 2.24) is 20.2 Å². The van der Waals surface area contributed by atoms with Gasteiger partial charge < -0.3 is 5.32 Å². The first-order valence-corrected chi connectivity index (χ1v) is 7.14. The Hall–Kier alpha value is -2.82. The normalized spacial score (nSPS) is 10.9. The molecule has 0 atom stereocenters. The van der Waals surface area contributed by atoms with Gasteiger partial charge in [0.2, 0.25) is 0 Å². The van der Waals surface area contributed by atoms with Gasteiger partial charge in [-0.3, -0.25) is 4.98 Å². The van der Waals surface area contributed by atoms with Gasteiger partial charge in [-0.25, -0.2) is 4.98 Å². The number of rotatable bonds is 4. The Balaban J connectivity index is 1.93. The first-order chi connectivity index (χ1) is 10.7. The van der Waals surface area contributed by atoms with E-state index >= 15 is 0 Å². The van der Waals surface area contributed by atoms with Crippen LogP contribution in [0.3, 0.4) is 0 Å². The van der Waals surface area contributed by atoms with Crippen LogP contribution in [0.4, 0.5) is 11.6 Å². The van der Waals surface area contributed by atoms with Gasteiger partial charge in [0, 0.05) is 6.20 Å². The van der Waals surface area contributed by atoms with E-state index in [1.54, 1.807) is 18.5 Å². The molecule has 0 saturated carbocycles. The number of anilines is 2. The quantitative estimate of drug-likeness (QED) is 0.789. The predicted octanol–water partition coefficient (Wildman–Crippen LogP) is 3.93. The smallest absolute Gasteiger partial charge is 0.154 e. The van der Waals surface area contributed by atoms with E-state index in [1.165, 1.54) is 0 Å². The second-order valence-electron chi connectivity index (χ2n) is 5.36. The van der Waals surface area contributed by atoms with Crippen LogP contribution >= 0.6 is 0 Å². The third-order valence-corrected chi connectivity index (χ3v) is 3.39. The second kappa shape index (κ2) is 5.89. The maximum atomic E-state index is 4.56. The fourth-order valence-corrected chi connectivity index (χ4v) is 2.09. The molecule has 0 aromatic carbocycles. The molecule has 3 rings (SSSR count). The lowest BCUT2D eigenvalue weighted by atomic mass is 10.1. The molecule has 3 aromatic rings. The number of hydrogen-bond donors (Lipinski definition) is 1. The van der Waals surface area contributed by atoms with E-state index in [-0.39, 0.29) is 0 Å². The van der Waals surface area contributed by atoms with Crippen molar-refractivity contribution in [2.24, 2.45) is 0 Å². The number of nitrogens with zero attached hydrogens (tertiary/aromatic N) is 4. The Morgan fingerprint density at radius 1 is 1.09 bits per heavy atom. The maximum absolute atomic E-state index is 4.56. The van der Waals surface area contributed by atoms with Gasteiger partial charge in [0.25, 0.3) is 0 Å². The zero-order valence-corrected chi connectivity index (χ0v) is 12.6. The van der Waals surface area contributed by atoms with Crippen LogP contribution in [-0.2, 0) is 0 Å². The number of pyridine rings is 2. The van der Waals surface area contributed by atoms with Crippen molar-refractivity contribution in [3.05, 3.63) is 54.4 Å². The largest absolute Gasteiger partial charge is 0.323 e. The summed E-state index contributed by atoms with van der Waals surface area (Å²) in [5.41, 5.74) is 3.74.